The molecule has 94 valence electrons. The molecule has 1 aromatic rings. The van der Waals surface area contributed by atoms with E-state index in [1.165, 1.54) is 14.2 Å². The number of ether oxygens (including phenoxy) is 2. The predicted molar refractivity (Wildman–Crippen MR) is 68.9 cm³/mol. The highest BCUT2D eigenvalue weighted by atomic mass is 35.5. The van der Waals surface area contributed by atoms with Gasteiger partial charge in [0.15, 0.2) is 11.5 Å². The van der Waals surface area contributed by atoms with Crippen LogP contribution in [0.1, 0.15) is 25.0 Å². The minimum absolute atomic E-state index is 0.419. The third-order valence-electron chi connectivity index (χ3n) is 2.38. The van der Waals surface area contributed by atoms with Crippen LogP contribution in [0.15, 0.2) is 24.3 Å². The molecule has 0 amide bonds. The van der Waals surface area contributed by atoms with Gasteiger partial charge in [0.05, 0.1) is 25.3 Å². The zero-order chi connectivity index (χ0) is 13.0. The first kappa shape index (κ1) is 13.9. The smallest absolute Gasteiger partial charge is 0.179 e. The van der Waals surface area contributed by atoms with Crippen molar-refractivity contribution in [1.82, 2.24) is 0 Å². The van der Waals surface area contributed by atoms with E-state index in [0.29, 0.717) is 28.5 Å². The van der Waals surface area contributed by atoms with Crippen LogP contribution in [0.3, 0.4) is 0 Å². The van der Waals surface area contributed by atoms with Crippen LogP contribution in [-0.2, 0) is 0 Å². The Kier molecular flexibility index (Phi) is 4.85. The summed E-state index contributed by atoms with van der Waals surface area (Å²) in [4.78, 5) is 0. The summed E-state index contributed by atoms with van der Waals surface area (Å²) < 4.78 is 10.3. The molecule has 3 nitrogen and oxygen atoms in total. The lowest BCUT2D eigenvalue weighted by atomic mass is 10.0. The van der Waals surface area contributed by atoms with Crippen molar-refractivity contribution in [2.24, 2.45) is 0 Å². The number of rotatable bonds is 5. The summed E-state index contributed by atoms with van der Waals surface area (Å²) in [5.74, 6) is 0.983. The van der Waals surface area contributed by atoms with E-state index in [2.05, 4.69) is 6.58 Å². The average Bonchev–Trinajstić information content (AvgIpc) is 2.26. The second kappa shape index (κ2) is 5.94. The Morgan fingerprint density at radius 1 is 1.41 bits per heavy atom. The highest BCUT2D eigenvalue weighted by molar-refractivity contribution is 6.32. The SMILES string of the molecule is C=C(C)CC(O)c1cc(Cl)c(OC)c(OC)c1. The summed E-state index contributed by atoms with van der Waals surface area (Å²) in [6.45, 7) is 5.64. The van der Waals surface area contributed by atoms with E-state index < -0.39 is 6.10 Å². The first-order valence-electron chi connectivity index (χ1n) is 5.23. The van der Waals surface area contributed by atoms with Crippen LogP contribution >= 0.6 is 11.6 Å². The molecule has 1 N–H and O–H groups in total. The molecule has 1 aromatic carbocycles. The number of aliphatic hydroxyl groups excluding tert-OH is 1. The lowest BCUT2D eigenvalue weighted by Crippen LogP contribution is -2.00. The number of hydrogen-bond donors (Lipinski definition) is 1. The monoisotopic (exact) mass is 256 g/mol. The Morgan fingerprint density at radius 3 is 2.53 bits per heavy atom. The van der Waals surface area contributed by atoms with Crippen LogP contribution in [0, 0.1) is 0 Å². The van der Waals surface area contributed by atoms with Gasteiger partial charge in [-0.05, 0) is 31.0 Å². The van der Waals surface area contributed by atoms with Gasteiger partial charge in [-0.25, -0.2) is 0 Å². The second-order valence-corrected chi connectivity index (χ2v) is 4.32. The van der Waals surface area contributed by atoms with E-state index >= 15 is 0 Å². The minimum Gasteiger partial charge on any atom is -0.493 e. The minimum atomic E-state index is -0.634. The van der Waals surface area contributed by atoms with Crippen LogP contribution in [0.2, 0.25) is 5.02 Å². The Morgan fingerprint density at radius 2 is 2.06 bits per heavy atom. The summed E-state index contributed by atoms with van der Waals surface area (Å²) in [6, 6.07) is 3.40. The molecular formula is C13H17ClO3. The molecule has 1 unspecified atom stereocenters. The van der Waals surface area contributed by atoms with Crippen molar-refractivity contribution in [3.8, 4) is 11.5 Å². The third kappa shape index (κ3) is 3.38. The van der Waals surface area contributed by atoms with Gasteiger partial charge < -0.3 is 14.6 Å². The van der Waals surface area contributed by atoms with E-state index in [0.717, 1.165) is 5.57 Å². The van der Waals surface area contributed by atoms with Crippen molar-refractivity contribution >= 4 is 11.6 Å². The quantitative estimate of drug-likeness (QED) is 0.821. The molecule has 1 rings (SSSR count). The molecule has 0 aliphatic carbocycles. The fourth-order valence-corrected chi connectivity index (χ4v) is 1.87. The summed E-state index contributed by atoms with van der Waals surface area (Å²) >= 11 is 6.06. The van der Waals surface area contributed by atoms with Crippen LogP contribution in [0.25, 0.3) is 0 Å². The van der Waals surface area contributed by atoms with Gasteiger partial charge in [-0.3, -0.25) is 0 Å². The first-order chi connectivity index (χ1) is 7.99. The molecule has 0 aliphatic rings. The fourth-order valence-electron chi connectivity index (χ4n) is 1.58. The molecule has 0 heterocycles. The van der Waals surface area contributed by atoms with E-state index in [1.54, 1.807) is 12.1 Å². The first-order valence-corrected chi connectivity index (χ1v) is 5.61. The van der Waals surface area contributed by atoms with Gasteiger partial charge in [-0.1, -0.05) is 17.2 Å². The van der Waals surface area contributed by atoms with Crippen LogP contribution in [0.5, 0.6) is 11.5 Å². The van der Waals surface area contributed by atoms with Gasteiger partial charge in [0.2, 0.25) is 0 Å². The van der Waals surface area contributed by atoms with Gasteiger partial charge >= 0.3 is 0 Å². The summed E-state index contributed by atoms with van der Waals surface area (Å²) in [6.07, 6.45) is -0.143. The van der Waals surface area contributed by atoms with Crippen molar-refractivity contribution < 1.29 is 14.6 Å². The molecular weight excluding hydrogens is 240 g/mol. The van der Waals surface area contributed by atoms with Crippen molar-refractivity contribution in [2.45, 2.75) is 19.4 Å². The lowest BCUT2D eigenvalue weighted by Gasteiger charge is -2.15. The van der Waals surface area contributed by atoms with Crippen molar-refractivity contribution in [3.05, 3.63) is 34.9 Å². The number of halogens is 1. The maximum absolute atomic E-state index is 9.98. The fraction of sp³-hybridized carbons (Fsp3) is 0.385. The lowest BCUT2D eigenvalue weighted by molar-refractivity contribution is 0.178. The molecule has 4 heteroatoms. The zero-order valence-corrected chi connectivity index (χ0v) is 11.0. The molecule has 17 heavy (non-hydrogen) atoms. The van der Waals surface area contributed by atoms with Crippen molar-refractivity contribution in [3.63, 3.8) is 0 Å². The highest BCUT2D eigenvalue weighted by Crippen LogP contribution is 2.38. The number of aliphatic hydroxyl groups is 1. The third-order valence-corrected chi connectivity index (χ3v) is 2.66. The number of methoxy groups -OCH3 is 2. The average molecular weight is 257 g/mol. The van der Waals surface area contributed by atoms with Gasteiger partial charge in [-0.15, -0.1) is 6.58 Å². The van der Waals surface area contributed by atoms with Gasteiger partial charge in [0.1, 0.15) is 0 Å². The van der Waals surface area contributed by atoms with Crippen molar-refractivity contribution in [2.75, 3.05) is 14.2 Å². The Balaban J connectivity index is 3.10. The molecule has 0 aliphatic heterocycles. The van der Waals surface area contributed by atoms with Gasteiger partial charge in [-0.2, -0.15) is 0 Å². The second-order valence-electron chi connectivity index (χ2n) is 3.92. The van der Waals surface area contributed by atoms with Gasteiger partial charge in [0.25, 0.3) is 0 Å². The van der Waals surface area contributed by atoms with E-state index in [1.807, 2.05) is 6.92 Å². The molecule has 0 fully saturated rings. The Bertz CT molecular complexity index is 415. The molecule has 1 atom stereocenters. The normalized spacial score (nSPS) is 12.1. The van der Waals surface area contributed by atoms with E-state index in [9.17, 15) is 5.11 Å². The topological polar surface area (TPSA) is 38.7 Å². The van der Waals surface area contributed by atoms with Crippen molar-refractivity contribution in [1.29, 1.82) is 0 Å². The van der Waals surface area contributed by atoms with Crippen LogP contribution in [0.4, 0.5) is 0 Å². The maximum Gasteiger partial charge on any atom is 0.179 e. The van der Waals surface area contributed by atoms with Gasteiger partial charge in [0, 0.05) is 0 Å². The van der Waals surface area contributed by atoms with E-state index in [-0.39, 0.29) is 0 Å². The van der Waals surface area contributed by atoms with Crippen LogP contribution in [-0.4, -0.2) is 19.3 Å². The largest absolute Gasteiger partial charge is 0.493 e. The maximum atomic E-state index is 9.98. The molecule has 0 saturated carbocycles. The molecule has 0 saturated heterocycles. The Labute approximate surface area is 107 Å². The summed E-state index contributed by atoms with van der Waals surface area (Å²) in [5, 5.41) is 10.4. The molecule has 0 aromatic heterocycles. The standard InChI is InChI=1S/C13H17ClO3/c1-8(2)5-11(15)9-6-10(14)13(17-4)12(7-9)16-3/h6-7,11,15H,1,5H2,2-4H3. The summed E-state index contributed by atoms with van der Waals surface area (Å²) in [7, 11) is 3.05. The predicted octanol–water partition coefficient (Wildman–Crippen LogP) is 3.36. The number of benzene rings is 1. The summed E-state index contributed by atoms with van der Waals surface area (Å²) in [5.41, 5.74) is 1.60. The molecule has 0 bridgehead atoms. The van der Waals surface area contributed by atoms with E-state index in [4.69, 9.17) is 21.1 Å². The molecule has 0 spiro atoms. The van der Waals surface area contributed by atoms with Crippen LogP contribution < -0.4 is 9.47 Å². The number of hydrogen-bond acceptors (Lipinski definition) is 3. The Hall–Kier alpha value is -1.19. The highest BCUT2D eigenvalue weighted by Gasteiger charge is 2.15. The zero-order valence-electron chi connectivity index (χ0n) is 10.3. The molecule has 0 radical (unpaired) electrons.